The lowest BCUT2D eigenvalue weighted by atomic mass is 10.1. The molecule has 32 heavy (non-hydrogen) atoms. The highest BCUT2D eigenvalue weighted by atomic mass is 16.5. The van der Waals surface area contributed by atoms with Crippen molar-refractivity contribution in [3.63, 3.8) is 0 Å². The molecule has 0 unspecified atom stereocenters. The molecular formula is C25H21N3O4. The van der Waals surface area contributed by atoms with Crippen molar-refractivity contribution in [3.05, 3.63) is 102 Å². The molecule has 1 aromatic heterocycles. The third-order valence-electron chi connectivity index (χ3n) is 4.93. The van der Waals surface area contributed by atoms with Gasteiger partial charge in [-0.2, -0.15) is 0 Å². The summed E-state index contributed by atoms with van der Waals surface area (Å²) in [5, 5.41) is 11.8. The first-order chi connectivity index (χ1) is 15.6. The number of aromatic carboxylic acids is 1. The lowest BCUT2D eigenvalue weighted by Gasteiger charge is -2.11. The summed E-state index contributed by atoms with van der Waals surface area (Å²) >= 11 is 0. The minimum absolute atomic E-state index is 0.139. The summed E-state index contributed by atoms with van der Waals surface area (Å²) < 4.78 is 5.98. The van der Waals surface area contributed by atoms with Crippen LogP contribution in [0, 0.1) is 0 Å². The van der Waals surface area contributed by atoms with Crippen molar-refractivity contribution in [1.82, 2.24) is 9.97 Å². The number of carboxylic acids is 1. The number of carbonyl (C=O) groups is 2. The first-order valence-electron chi connectivity index (χ1n) is 10.0. The summed E-state index contributed by atoms with van der Waals surface area (Å²) in [6, 6.07) is 21.1. The fourth-order valence-electron chi connectivity index (χ4n) is 3.22. The molecule has 160 valence electrons. The predicted molar refractivity (Wildman–Crippen MR) is 121 cm³/mol. The number of rotatable bonds is 8. The second kappa shape index (κ2) is 9.61. The van der Waals surface area contributed by atoms with Crippen LogP contribution in [0.1, 0.15) is 26.3 Å². The first-order valence-corrected chi connectivity index (χ1v) is 10.0. The number of benzene rings is 3. The maximum Gasteiger partial charge on any atom is 0.335 e. The van der Waals surface area contributed by atoms with E-state index in [1.165, 1.54) is 24.3 Å². The minimum Gasteiger partial charge on any atom is -0.493 e. The standard InChI is InChI=1S/C25H21N3O4/c29-24(18-7-9-19(10-8-18)25(30)31)28-20-11-5-17(6-12-20)13-14-32-23-4-2-1-3-21(23)22-15-26-16-27-22/h1-12,15-16H,13-14H2,(H,26,27)(H,28,29)(H,30,31). The van der Waals surface area contributed by atoms with Crippen molar-refractivity contribution in [3.8, 4) is 17.0 Å². The lowest BCUT2D eigenvalue weighted by Crippen LogP contribution is -2.12. The molecule has 4 aromatic rings. The summed E-state index contributed by atoms with van der Waals surface area (Å²) in [5.74, 6) is -0.538. The van der Waals surface area contributed by atoms with Crippen LogP contribution >= 0.6 is 0 Å². The number of para-hydroxylation sites is 1. The van der Waals surface area contributed by atoms with Crippen LogP contribution in [-0.2, 0) is 6.42 Å². The van der Waals surface area contributed by atoms with Gasteiger partial charge in [0.25, 0.3) is 5.91 Å². The van der Waals surface area contributed by atoms with Crippen molar-refractivity contribution in [2.24, 2.45) is 0 Å². The number of hydrogen-bond donors (Lipinski definition) is 3. The summed E-state index contributed by atoms with van der Waals surface area (Å²) in [6.07, 6.45) is 4.11. The Balaban J connectivity index is 1.32. The van der Waals surface area contributed by atoms with Gasteiger partial charge < -0.3 is 20.1 Å². The average Bonchev–Trinajstić information content (AvgIpc) is 3.35. The number of carboxylic acid groups (broad SMARTS) is 1. The van der Waals surface area contributed by atoms with E-state index in [2.05, 4.69) is 15.3 Å². The molecule has 0 bridgehead atoms. The fourth-order valence-corrected chi connectivity index (χ4v) is 3.22. The first kappa shape index (κ1) is 20.9. The molecule has 4 rings (SSSR count). The van der Waals surface area contributed by atoms with Gasteiger partial charge in [-0.05, 0) is 54.1 Å². The molecule has 0 fully saturated rings. The molecule has 0 aliphatic heterocycles. The van der Waals surface area contributed by atoms with E-state index >= 15 is 0 Å². The van der Waals surface area contributed by atoms with E-state index in [9.17, 15) is 9.59 Å². The Kier molecular flexibility index (Phi) is 6.27. The van der Waals surface area contributed by atoms with Crippen LogP contribution in [0.2, 0.25) is 0 Å². The number of amides is 1. The van der Waals surface area contributed by atoms with Crippen LogP contribution in [0.15, 0.2) is 85.3 Å². The highest BCUT2D eigenvalue weighted by molar-refractivity contribution is 6.04. The Bertz CT molecular complexity index is 1200. The van der Waals surface area contributed by atoms with Crippen molar-refractivity contribution in [2.45, 2.75) is 6.42 Å². The number of anilines is 1. The van der Waals surface area contributed by atoms with E-state index in [4.69, 9.17) is 9.84 Å². The van der Waals surface area contributed by atoms with Gasteiger partial charge in [-0.3, -0.25) is 4.79 Å². The second-order valence-corrected chi connectivity index (χ2v) is 7.09. The quantitative estimate of drug-likeness (QED) is 0.380. The number of H-pyrrole nitrogens is 1. The van der Waals surface area contributed by atoms with Crippen molar-refractivity contribution in [1.29, 1.82) is 0 Å². The smallest absolute Gasteiger partial charge is 0.335 e. The molecule has 1 amide bonds. The van der Waals surface area contributed by atoms with Gasteiger partial charge in [0, 0.05) is 23.2 Å². The topological polar surface area (TPSA) is 104 Å². The van der Waals surface area contributed by atoms with Crippen LogP contribution in [-0.4, -0.2) is 33.6 Å². The SMILES string of the molecule is O=C(O)c1ccc(C(=O)Nc2ccc(CCOc3ccccc3-c3cnc[nH]3)cc2)cc1. The van der Waals surface area contributed by atoms with Gasteiger partial charge in [0.05, 0.1) is 30.4 Å². The lowest BCUT2D eigenvalue weighted by molar-refractivity contribution is 0.0696. The number of carbonyl (C=O) groups excluding carboxylic acids is 1. The third-order valence-corrected chi connectivity index (χ3v) is 4.93. The van der Waals surface area contributed by atoms with Gasteiger partial charge in [-0.1, -0.05) is 24.3 Å². The van der Waals surface area contributed by atoms with Gasteiger partial charge >= 0.3 is 5.97 Å². The maximum atomic E-state index is 12.4. The molecule has 0 saturated heterocycles. The fraction of sp³-hybridized carbons (Fsp3) is 0.0800. The van der Waals surface area contributed by atoms with Gasteiger partial charge in [0.2, 0.25) is 0 Å². The zero-order valence-corrected chi connectivity index (χ0v) is 17.1. The van der Waals surface area contributed by atoms with Gasteiger partial charge in [-0.25, -0.2) is 9.78 Å². The van der Waals surface area contributed by atoms with Crippen LogP contribution in [0.5, 0.6) is 5.75 Å². The predicted octanol–water partition coefficient (Wildman–Crippen LogP) is 4.65. The minimum atomic E-state index is -1.03. The van der Waals surface area contributed by atoms with Crippen molar-refractivity contribution < 1.29 is 19.4 Å². The molecule has 7 heteroatoms. The van der Waals surface area contributed by atoms with Crippen LogP contribution < -0.4 is 10.1 Å². The van der Waals surface area contributed by atoms with Gasteiger partial charge in [0.15, 0.2) is 0 Å². The average molecular weight is 427 g/mol. The molecule has 0 atom stereocenters. The monoisotopic (exact) mass is 427 g/mol. The van der Waals surface area contributed by atoms with E-state index in [-0.39, 0.29) is 11.5 Å². The molecule has 0 saturated carbocycles. The van der Waals surface area contributed by atoms with E-state index in [0.717, 1.165) is 22.6 Å². The normalized spacial score (nSPS) is 10.5. The zero-order chi connectivity index (χ0) is 22.3. The van der Waals surface area contributed by atoms with E-state index in [0.29, 0.717) is 24.3 Å². The second-order valence-electron chi connectivity index (χ2n) is 7.09. The molecule has 1 heterocycles. The molecule has 0 radical (unpaired) electrons. The molecule has 3 aromatic carbocycles. The van der Waals surface area contributed by atoms with Crippen LogP contribution in [0.4, 0.5) is 5.69 Å². The Morgan fingerprint density at radius 1 is 0.938 bits per heavy atom. The summed E-state index contributed by atoms with van der Waals surface area (Å²) in [7, 11) is 0. The Morgan fingerprint density at radius 3 is 2.34 bits per heavy atom. The highest BCUT2D eigenvalue weighted by Crippen LogP contribution is 2.28. The Morgan fingerprint density at radius 2 is 1.66 bits per heavy atom. The molecule has 0 spiro atoms. The molecular weight excluding hydrogens is 406 g/mol. The van der Waals surface area contributed by atoms with E-state index < -0.39 is 5.97 Å². The Hall–Kier alpha value is -4.39. The Labute approximate surface area is 184 Å². The van der Waals surface area contributed by atoms with Crippen LogP contribution in [0.3, 0.4) is 0 Å². The number of hydrogen-bond acceptors (Lipinski definition) is 4. The highest BCUT2D eigenvalue weighted by Gasteiger charge is 2.09. The summed E-state index contributed by atoms with van der Waals surface area (Å²) in [5.41, 5.74) is 4.13. The number of imidazole rings is 1. The molecule has 0 aliphatic rings. The third kappa shape index (κ3) is 5.02. The summed E-state index contributed by atoms with van der Waals surface area (Å²) in [6.45, 7) is 0.507. The maximum absolute atomic E-state index is 12.4. The van der Waals surface area contributed by atoms with Crippen molar-refractivity contribution >= 4 is 17.6 Å². The molecule has 3 N–H and O–H groups in total. The van der Waals surface area contributed by atoms with E-state index in [1.54, 1.807) is 12.5 Å². The summed E-state index contributed by atoms with van der Waals surface area (Å²) in [4.78, 5) is 30.4. The van der Waals surface area contributed by atoms with E-state index in [1.807, 2.05) is 48.5 Å². The number of aromatic amines is 1. The van der Waals surface area contributed by atoms with Crippen molar-refractivity contribution in [2.75, 3.05) is 11.9 Å². The number of nitrogens with zero attached hydrogens (tertiary/aromatic N) is 1. The molecule has 0 aliphatic carbocycles. The zero-order valence-electron chi connectivity index (χ0n) is 17.1. The van der Waals surface area contributed by atoms with Crippen LogP contribution in [0.25, 0.3) is 11.3 Å². The van der Waals surface area contributed by atoms with Gasteiger partial charge in [0.1, 0.15) is 5.75 Å². The largest absolute Gasteiger partial charge is 0.493 e. The van der Waals surface area contributed by atoms with Gasteiger partial charge in [-0.15, -0.1) is 0 Å². The molecule has 7 nitrogen and oxygen atoms in total. The number of nitrogens with one attached hydrogen (secondary N) is 2. The number of ether oxygens (including phenoxy) is 1. The number of aromatic nitrogens is 2.